The van der Waals surface area contributed by atoms with Crippen molar-refractivity contribution in [3.63, 3.8) is 0 Å². The number of carbonyl (C=O) groups is 1. The summed E-state index contributed by atoms with van der Waals surface area (Å²) >= 11 is 0. The third-order valence-electron chi connectivity index (χ3n) is 5.28. The molecule has 3 heteroatoms. The van der Waals surface area contributed by atoms with Crippen molar-refractivity contribution >= 4 is 5.97 Å². The lowest BCUT2D eigenvalue weighted by atomic mass is 9.74. The number of piperidine rings is 1. The van der Waals surface area contributed by atoms with Gasteiger partial charge < -0.3 is 4.74 Å². The Labute approximate surface area is 140 Å². The molecule has 0 aromatic heterocycles. The summed E-state index contributed by atoms with van der Waals surface area (Å²) in [4.78, 5) is 15.5. The molecule has 3 rings (SSSR count). The van der Waals surface area contributed by atoms with Crippen LogP contribution in [0.3, 0.4) is 0 Å². The molecule has 1 saturated carbocycles. The molecule has 1 aliphatic heterocycles. The second-order valence-electron chi connectivity index (χ2n) is 8.13. The van der Waals surface area contributed by atoms with Crippen molar-refractivity contribution in [2.45, 2.75) is 71.1 Å². The van der Waals surface area contributed by atoms with Crippen molar-refractivity contribution in [1.82, 2.24) is 4.90 Å². The van der Waals surface area contributed by atoms with Gasteiger partial charge in [-0.15, -0.1) is 0 Å². The Hall–Kier alpha value is -1.35. The molecule has 2 aliphatic rings. The van der Waals surface area contributed by atoms with Crippen LogP contribution >= 0.6 is 0 Å². The van der Waals surface area contributed by atoms with Crippen LogP contribution in [-0.4, -0.2) is 29.1 Å². The number of esters is 1. The minimum Gasteiger partial charge on any atom is -0.459 e. The molecular formula is C20H29NO2. The molecule has 23 heavy (non-hydrogen) atoms. The molecule has 0 unspecified atom stereocenters. The van der Waals surface area contributed by atoms with Gasteiger partial charge in [-0.25, -0.2) is 0 Å². The molecule has 0 N–H and O–H groups in total. The highest BCUT2D eigenvalue weighted by molar-refractivity contribution is 5.79. The molecule has 1 aliphatic carbocycles. The zero-order valence-electron chi connectivity index (χ0n) is 14.7. The van der Waals surface area contributed by atoms with E-state index in [9.17, 15) is 4.79 Å². The van der Waals surface area contributed by atoms with E-state index in [1.807, 2.05) is 20.8 Å². The van der Waals surface area contributed by atoms with Crippen LogP contribution in [0.1, 0.15) is 58.4 Å². The number of carbonyl (C=O) groups excluding carboxylic acids is 1. The number of hydrogen-bond acceptors (Lipinski definition) is 3. The summed E-state index contributed by atoms with van der Waals surface area (Å²) in [6.45, 7) is 7.93. The van der Waals surface area contributed by atoms with E-state index in [0.29, 0.717) is 6.04 Å². The summed E-state index contributed by atoms with van der Waals surface area (Å²) in [6, 6.07) is 10.9. The highest BCUT2D eigenvalue weighted by Gasteiger charge is 2.54. The SMILES string of the molecule is CC(C)(C)OC(=O)[C@@]12CCC[C@H]1N(Cc1ccccc1)CCC2. The highest BCUT2D eigenvalue weighted by atomic mass is 16.6. The van der Waals surface area contributed by atoms with Gasteiger partial charge in [-0.05, 0) is 58.6 Å². The fourth-order valence-corrected chi connectivity index (χ4v) is 4.36. The lowest BCUT2D eigenvalue weighted by molar-refractivity contribution is -0.174. The quantitative estimate of drug-likeness (QED) is 0.784. The van der Waals surface area contributed by atoms with Crippen LogP contribution in [0.4, 0.5) is 0 Å². The van der Waals surface area contributed by atoms with Crippen molar-refractivity contribution in [2.75, 3.05) is 6.54 Å². The van der Waals surface area contributed by atoms with Crippen LogP contribution < -0.4 is 0 Å². The summed E-state index contributed by atoms with van der Waals surface area (Å²) in [5, 5.41) is 0. The van der Waals surface area contributed by atoms with E-state index < -0.39 is 5.60 Å². The van der Waals surface area contributed by atoms with Gasteiger partial charge in [-0.2, -0.15) is 0 Å². The summed E-state index contributed by atoms with van der Waals surface area (Å²) < 4.78 is 5.81. The van der Waals surface area contributed by atoms with Gasteiger partial charge in [-0.3, -0.25) is 9.69 Å². The average Bonchev–Trinajstić information content (AvgIpc) is 2.93. The zero-order chi connectivity index (χ0) is 16.5. The fraction of sp³-hybridized carbons (Fsp3) is 0.650. The first-order chi connectivity index (χ1) is 10.9. The predicted octanol–water partition coefficient (Wildman–Crippen LogP) is 4.16. The number of fused-ring (bicyclic) bond motifs is 1. The van der Waals surface area contributed by atoms with Crippen molar-refractivity contribution < 1.29 is 9.53 Å². The van der Waals surface area contributed by atoms with E-state index in [0.717, 1.165) is 45.2 Å². The van der Waals surface area contributed by atoms with E-state index in [1.54, 1.807) is 0 Å². The maximum absolute atomic E-state index is 13.0. The van der Waals surface area contributed by atoms with E-state index in [2.05, 4.69) is 35.2 Å². The molecule has 0 spiro atoms. The van der Waals surface area contributed by atoms with E-state index in [1.165, 1.54) is 5.56 Å². The van der Waals surface area contributed by atoms with E-state index in [4.69, 9.17) is 4.74 Å². The smallest absolute Gasteiger partial charge is 0.314 e. The Bertz CT molecular complexity index is 549. The summed E-state index contributed by atoms with van der Waals surface area (Å²) in [5.41, 5.74) is 0.653. The number of nitrogens with zero attached hydrogens (tertiary/aromatic N) is 1. The normalized spacial score (nSPS) is 28.4. The molecule has 1 aromatic carbocycles. The van der Waals surface area contributed by atoms with Crippen LogP contribution in [0.25, 0.3) is 0 Å². The maximum Gasteiger partial charge on any atom is 0.314 e. The molecule has 1 saturated heterocycles. The zero-order valence-corrected chi connectivity index (χ0v) is 14.7. The Morgan fingerprint density at radius 2 is 1.91 bits per heavy atom. The van der Waals surface area contributed by atoms with E-state index in [-0.39, 0.29) is 11.4 Å². The van der Waals surface area contributed by atoms with Gasteiger partial charge in [0.15, 0.2) is 0 Å². The molecule has 0 radical (unpaired) electrons. The van der Waals surface area contributed by atoms with Crippen LogP contribution in [0.15, 0.2) is 30.3 Å². The molecule has 3 nitrogen and oxygen atoms in total. The van der Waals surface area contributed by atoms with Crippen LogP contribution in [0.2, 0.25) is 0 Å². The number of hydrogen-bond donors (Lipinski definition) is 0. The second kappa shape index (κ2) is 6.27. The number of benzene rings is 1. The Balaban J connectivity index is 1.79. The first-order valence-corrected chi connectivity index (χ1v) is 8.92. The molecule has 1 heterocycles. The van der Waals surface area contributed by atoms with Crippen LogP contribution in [0.5, 0.6) is 0 Å². The molecular weight excluding hydrogens is 286 g/mol. The van der Waals surface area contributed by atoms with Crippen molar-refractivity contribution in [3.05, 3.63) is 35.9 Å². The second-order valence-corrected chi connectivity index (χ2v) is 8.13. The van der Waals surface area contributed by atoms with Gasteiger partial charge in [-0.1, -0.05) is 36.8 Å². The summed E-state index contributed by atoms with van der Waals surface area (Å²) in [5.74, 6) is 0.0326. The molecule has 2 atom stereocenters. The third kappa shape index (κ3) is 3.45. The topological polar surface area (TPSA) is 29.5 Å². The first kappa shape index (κ1) is 16.5. The van der Waals surface area contributed by atoms with Gasteiger partial charge in [0.05, 0.1) is 5.41 Å². The van der Waals surface area contributed by atoms with Gasteiger partial charge in [0.2, 0.25) is 0 Å². The molecule has 2 fully saturated rings. The largest absolute Gasteiger partial charge is 0.459 e. The monoisotopic (exact) mass is 315 g/mol. The molecule has 126 valence electrons. The molecule has 0 amide bonds. The number of likely N-dealkylation sites (tertiary alicyclic amines) is 1. The Kier molecular flexibility index (Phi) is 4.50. The fourth-order valence-electron chi connectivity index (χ4n) is 4.36. The van der Waals surface area contributed by atoms with E-state index >= 15 is 0 Å². The first-order valence-electron chi connectivity index (χ1n) is 8.92. The Morgan fingerprint density at radius 3 is 2.61 bits per heavy atom. The maximum atomic E-state index is 13.0. The minimum atomic E-state index is -0.402. The van der Waals surface area contributed by atoms with Crippen LogP contribution in [-0.2, 0) is 16.1 Å². The number of rotatable bonds is 3. The Morgan fingerprint density at radius 1 is 1.22 bits per heavy atom. The molecule has 0 bridgehead atoms. The summed E-state index contributed by atoms with van der Waals surface area (Å²) in [6.07, 6.45) is 5.31. The highest BCUT2D eigenvalue weighted by Crippen LogP contribution is 2.49. The van der Waals surface area contributed by atoms with Crippen molar-refractivity contribution in [1.29, 1.82) is 0 Å². The predicted molar refractivity (Wildman–Crippen MR) is 92.0 cm³/mol. The minimum absolute atomic E-state index is 0.0326. The van der Waals surface area contributed by atoms with Gasteiger partial charge in [0, 0.05) is 12.6 Å². The number of ether oxygens (including phenoxy) is 1. The lowest BCUT2D eigenvalue weighted by Crippen LogP contribution is -2.54. The molecule has 1 aromatic rings. The van der Waals surface area contributed by atoms with Crippen molar-refractivity contribution in [2.24, 2.45) is 5.41 Å². The summed E-state index contributed by atoms with van der Waals surface area (Å²) in [7, 11) is 0. The van der Waals surface area contributed by atoms with Gasteiger partial charge in [0.25, 0.3) is 0 Å². The van der Waals surface area contributed by atoms with Crippen molar-refractivity contribution in [3.8, 4) is 0 Å². The van der Waals surface area contributed by atoms with Gasteiger partial charge in [0.1, 0.15) is 5.60 Å². The lowest BCUT2D eigenvalue weighted by Gasteiger charge is -2.45. The van der Waals surface area contributed by atoms with Gasteiger partial charge >= 0.3 is 5.97 Å². The van der Waals surface area contributed by atoms with Crippen LogP contribution in [0, 0.1) is 5.41 Å². The standard InChI is InChI=1S/C20H29NO2/c1-19(2,3)23-18(22)20-12-7-11-17(20)21(14-8-13-20)15-16-9-5-4-6-10-16/h4-6,9-10,17H,7-8,11-15H2,1-3H3/t17-,20-/m1/s1. The third-order valence-corrected chi connectivity index (χ3v) is 5.28. The average molecular weight is 315 g/mol.